The first-order valence-electron chi connectivity index (χ1n) is 13.0. The summed E-state index contributed by atoms with van der Waals surface area (Å²) >= 11 is 3.35. The molecule has 0 aromatic heterocycles. The Bertz CT molecular complexity index is 977. The van der Waals surface area contributed by atoms with Crippen LogP contribution in [0, 0.1) is 0 Å². The topological polar surface area (TPSA) is 77.0 Å². The summed E-state index contributed by atoms with van der Waals surface area (Å²) in [6.45, 7) is 2.25. The van der Waals surface area contributed by atoms with Crippen LogP contribution in [0.3, 0.4) is 0 Å². The molecule has 1 amide bonds. The third-order valence-corrected chi connectivity index (χ3v) is 6.35. The van der Waals surface area contributed by atoms with Crippen LogP contribution >= 0.6 is 15.9 Å². The van der Waals surface area contributed by atoms with Crippen LogP contribution in [0.25, 0.3) is 0 Å². The number of unbranched alkanes of at least 4 members (excludes halogenated alkanes) is 10. The Morgan fingerprint density at radius 1 is 0.889 bits per heavy atom. The summed E-state index contributed by atoms with van der Waals surface area (Å²) < 4.78 is 11.6. The number of carbonyl (C=O) groups is 2. The number of nitrogens with zero attached hydrogens (tertiary/aromatic N) is 1. The lowest BCUT2D eigenvalue weighted by molar-refractivity contribution is -0.121. The van der Waals surface area contributed by atoms with Crippen molar-refractivity contribution >= 4 is 34.0 Å². The predicted molar refractivity (Wildman–Crippen MR) is 149 cm³/mol. The number of ether oxygens (including phenoxy) is 2. The van der Waals surface area contributed by atoms with E-state index in [4.69, 9.17) is 9.47 Å². The molecule has 2 aromatic rings. The second-order valence-corrected chi connectivity index (χ2v) is 9.80. The summed E-state index contributed by atoms with van der Waals surface area (Å²) in [5, 5.41) is 4.04. The van der Waals surface area contributed by atoms with Gasteiger partial charge in [-0.1, -0.05) is 93.1 Å². The van der Waals surface area contributed by atoms with Gasteiger partial charge in [0, 0.05) is 10.9 Å². The van der Waals surface area contributed by atoms with Crippen molar-refractivity contribution in [1.29, 1.82) is 0 Å². The second-order valence-electron chi connectivity index (χ2n) is 8.89. The molecule has 7 heteroatoms. The Balaban J connectivity index is 1.67. The van der Waals surface area contributed by atoms with E-state index < -0.39 is 5.97 Å². The molecule has 0 radical (unpaired) electrons. The van der Waals surface area contributed by atoms with Crippen molar-refractivity contribution in [2.24, 2.45) is 5.10 Å². The number of hydrogen-bond acceptors (Lipinski definition) is 5. The van der Waals surface area contributed by atoms with Gasteiger partial charge in [0.25, 0.3) is 0 Å². The van der Waals surface area contributed by atoms with Gasteiger partial charge in [0.2, 0.25) is 5.91 Å². The van der Waals surface area contributed by atoms with Crippen LogP contribution in [0.4, 0.5) is 0 Å². The maximum absolute atomic E-state index is 12.4. The standard InChI is InChI=1S/C29H39BrN2O4/c1-3-4-5-6-7-8-9-10-11-12-13-17-28(33)32-31-22-23-18-19-26(27(20-23)35-2)36-29(34)24-15-14-16-25(30)21-24/h14-16,18-22H,3-13,17H2,1-2H3,(H,32,33). The first-order valence-corrected chi connectivity index (χ1v) is 13.8. The maximum Gasteiger partial charge on any atom is 0.343 e. The largest absolute Gasteiger partial charge is 0.493 e. The molecule has 2 aromatic carbocycles. The molecule has 0 unspecified atom stereocenters. The zero-order valence-electron chi connectivity index (χ0n) is 21.6. The number of methoxy groups -OCH3 is 1. The minimum absolute atomic E-state index is 0.0892. The predicted octanol–water partition coefficient (Wildman–Crippen LogP) is 7.83. The fourth-order valence-corrected chi connectivity index (χ4v) is 4.21. The van der Waals surface area contributed by atoms with Crippen molar-refractivity contribution in [2.75, 3.05) is 7.11 Å². The van der Waals surface area contributed by atoms with E-state index >= 15 is 0 Å². The zero-order chi connectivity index (χ0) is 26.0. The van der Waals surface area contributed by atoms with Crippen LogP contribution in [-0.2, 0) is 4.79 Å². The normalized spacial score (nSPS) is 11.0. The summed E-state index contributed by atoms with van der Waals surface area (Å²) in [5.74, 6) is 0.133. The highest BCUT2D eigenvalue weighted by Gasteiger charge is 2.13. The molecule has 0 saturated carbocycles. The van der Waals surface area contributed by atoms with E-state index in [1.165, 1.54) is 64.9 Å². The summed E-state index contributed by atoms with van der Waals surface area (Å²) in [6.07, 6.45) is 15.8. The molecule has 0 atom stereocenters. The van der Waals surface area contributed by atoms with Crippen LogP contribution in [-0.4, -0.2) is 25.2 Å². The lowest BCUT2D eigenvalue weighted by Gasteiger charge is -2.10. The highest BCUT2D eigenvalue weighted by atomic mass is 79.9. The number of hydrazone groups is 1. The Labute approximate surface area is 224 Å². The molecule has 0 spiro atoms. The fourth-order valence-electron chi connectivity index (χ4n) is 3.81. The van der Waals surface area contributed by atoms with Gasteiger partial charge < -0.3 is 9.47 Å². The molecule has 0 bridgehead atoms. The van der Waals surface area contributed by atoms with Crippen molar-refractivity contribution in [3.05, 3.63) is 58.1 Å². The summed E-state index contributed by atoms with van der Waals surface area (Å²) in [7, 11) is 1.50. The molecule has 6 nitrogen and oxygen atoms in total. The number of nitrogens with one attached hydrogen (secondary N) is 1. The van der Waals surface area contributed by atoms with Crippen LogP contribution in [0.15, 0.2) is 52.0 Å². The van der Waals surface area contributed by atoms with Crippen LogP contribution in [0.5, 0.6) is 11.5 Å². The van der Waals surface area contributed by atoms with Crippen LogP contribution in [0.1, 0.15) is 99.9 Å². The molecule has 0 heterocycles. The fraction of sp³-hybridized carbons (Fsp3) is 0.483. The van der Waals surface area contributed by atoms with Gasteiger partial charge in [-0.05, 0) is 48.4 Å². The average molecular weight is 560 g/mol. The lowest BCUT2D eigenvalue weighted by atomic mass is 10.1. The minimum atomic E-state index is -0.481. The van der Waals surface area contributed by atoms with Gasteiger partial charge in [-0.2, -0.15) is 5.10 Å². The van der Waals surface area contributed by atoms with Gasteiger partial charge in [-0.15, -0.1) is 0 Å². The van der Waals surface area contributed by atoms with E-state index in [9.17, 15) is 9.59 Å². The third-order valence-electron chi connectivity index (χ3n) is 5.86. The molecular formula is C29H39BrN2O4. The van der Waals surface area contributed by atoms with Gasteiger partial charge in [0.1, 0.15) is 0 Å². The highest BCUT2D eigenvalue weighted by Crippen LogP contribution is 2.28. The first-order chi connectivity index (χ1) is 17.5. The molecule has 2 rings (SSSR count). The molecule has 0 aliphatic heterocycles. The number of rotatable bonds is 17. The van der Waals surface area contributed by atoms with E-state index in [2.05, 4.69) is 33.4 Å². The van der Waals surface area contributed by atoms with Crippen LogP contribution < -0.4 is 14.9 Å². The van der Waals surface area contributed by atoms with E-state index in [0.717, 1.165) is 17.3 Å². The smallest absolute Gasteiger partial charge is 0.343 e. The minimum Gasteiger partial charge on any atom is -0.493 e. The van der Waals surface area contributed by atoms with Crippen molar-refractivity contribution in [3.63, 3.8) is 0 Å². The van der Waals surface area contributed by atoms with E-state index in [0.29, 0.717) is 29.0 Å². The maximum atomic E-state index is 12.4. The average Bonchev–Trinajstić information content (AvgIpc) is 2.88. The number of carbonyl (C=O) groups excluding carboxylic acids is 2. The molecule has 196 valence electrons. The molecule has 0 aliphatic rings. The number of esters is 1. The Morgan fingerprint density at radius 2 is 1.56 bits per heavy atom. The number of halogens is 1. The monoisotopic (exact) mass is 558 g/mol. The number of hydrogen-bond donors (Lipinski definition) is 1. The van der Waals surface area contributed by atoms with Crippen molar-refractivity contribution in [1.82, 2.24) is 5.43 Å². The molecule has 1 N–H and O–H groups in total. The first kappa shape index (κ1) is 29.6. The Morgan fingerprint density at radius 3 is 2.19 bits per heavy atom. The molecule has 0 saturated heterocycles. The van der Waals surface area contributed by atoms with E-state index in [1.807, 2.05) is 6.07 Å². The SMILES string of the molecule is CCCCCCCCCCCCCC(=O)NN=Cc1ccc(OC(=O)c2cccc(Br)c2)c(OC)c1. The van der Waals surface area contributed by atoms with E-state index in [-0.39, 0.29) is 5.91 Å². The van der Waals surface area contributed by atoms with Crippen LogP contribution in [0.2, 0.25) is 0 Å². The highest BCUT2D eigenvalue weighted by molar-refractivity contribution is 9.10. The van der Waals surface area contributed by atoms with E-state index in [1.54, 1.807) is 42.6 Å². The van der Waals surface area contributed by atoms with Crippen molar-refractivity contribution in [2.45, 2.75) is 84.0 Å². The Hall–Kier alpha value is -2.67. The molecule has 0 fully saturated rings. The Kier molecular flexibility index (Phi) is 14.5. The summed E-state index contributed by atoms with van der Waals surface area (Å²) in [4.78, 5) is 24.5. The van der Waals surface area contributed by atoms with Gasteiger partial charge >= 0.3 is 5.97 Å². The van der Waals surface area contributed by atoms with Gasteiger partial charge in [-0.25, -0.2) is 10.2 Å². The molecule has 36 heavy (non-hydrogen) atoms. The summed E-state index contributed by atoms with van der Waals surface area (Å²) in [6, 6.07) is 12.1. The van der Waals surface area contributed by atoms with Crippen molar-refractivity contribution in [3.8, 4) is 11.5 Å². The molecular weight excluding hydrogens is 520 g/mol. The quantitative estimate of drug-likeness (QED) is 0.0705. The summed E-state index contributed by atoms with van der Waals surface area (Å²) in [5.41, 5.74) is 3.72. The third kappa shape index (κ3) is 11.8. The number of amides is 1. The second kappa shape index (κ2) is 17.7. The zero-order valence-corrected chi connectivity index (χ0v) is 23.1. The van der Waals surface area contributed by atoms with Crippen molar-refractivity contribution < 1.29 is 19.1 Å². The van der Waals surface area contributed by atoms with Gasteiger partial charge in [0.05, 0.1) is 18.9 Å². The lowest BCUT2D eigenvalue weighted by Crippen LogP contribution is -2.16. The number of benzene rings is 2. The van der Waals surface area contributed by atoms with Gasteiger partial charge in [0.15, 0.2) is 11.5 Å². The van der Waals surface area contributed by atoms with Gasteiger partial charge in [-0.3, -0.25) is 4.79 Å². The molecule has 0 aliphatic carbocycles.